The SMILES string of the molecule is COc1ccncc1N1CC(CS(N)(=O)=O)CC1=O. The number of primary sulfonamides is 1. The zero-order valence-corrected chi connectivity index (χ0v) is 11.3. The predicted octanol–water partition coefficient (Wildman–Crippen LogP) is -0.268. The predicted molar refractivity (Wildman–Crippen MR) is 69.2 cm³/mol. The molecule has 104 valence electrons. The van der Waals surface area contributed by atoms with Crippen molar-refractivity contribution in [3.8, 4) is 5.75 Å². The molecule has 1 saturated heterocycles. The van der Waals surface area contributed by atoms with Gasteiger partial charge in [0.25, 0.3) is 0 Å². The smallest absolute Gasteiger partial charge is 0.227 e. The minimum Gasteiger partial charge on any atom is -0.494 e. The number of anilines is 1. The highest BCUT2D eigenvalue weighted by Gasteiger charge is 2.34. The Labute approximate surface area is 111 Å². The van der Waals surface area contributed by atoms with Crippen molar-refractivity contribution in [2.45, 2.75) is 6.42 Å². The Morgan fingerprint density at radius 2 is 2.32 bits per heavy atom. The van der Waals surface area contributed by atoms with Crippen molar-refractivity contribution in [1.82, 2.24) is 4.98 Å². The molecule has 2 heterocycles. The molecule has 2 N–H and O–H groups in total. The molecule has 7 nitrogen and oxygen atoms in total. The lowest BCUT2D eigenvalue weighted by Gasteiger charge is -2.18. The lowest BCUT2D eigenvalue weighted by Crippen LogP contribution is -2.27. The second-order valence-corrected chi connectivity index (χ2v) is 6.11. The molecule has 0 radical (unpaired) electrons. The standard InChI is InChI=1S/C11H15N3O4S/c1-18-10-2-3-13-5-9(10)14-6-8(4-11(14)15)7-19(12,16)17/h2-3,5,8H,4,6-7H2,1H3,(H2,12,16,17). The number of hydrogen-bond donors (Lipinski definition) is 1. The largest absolute Gasteiger partial charge is 0.494 e. The maximum Gasteiger partial charge on any atom is 0.227 e. The van der Waals surface area contributed by atoms with E-state index in [2.05, 4.69) is 4.98 Å². The number of ether oxygens (including phenoxy) is 1. The summed E-state index contributed by atoms with van der Waals surface area (Å²) in [6, 6.07) is 1.65. The van der Waals surface area contributed by atoms with Crippen LogP contribution in [0.15, 0.2) is 18.5 Å². The maximum atomic E-state index is 11.9. The summed E-state index contributed by atoms with van der Waals surface area (Å²) in [5, 5.41) is 5.01. The minimum absolute atomic E-state index is 0.153. The Morgan fingerprint density at radius 1 is 1.58 bits per heavy atom. The number of sulfonamides is 1. The molecule has 0 bridgehead atoms. The summed E-state index contributed by atoms with van der Waals surface area (Å²) in [6.07, 6.45) is 3.25. The van der Waals surface area contributed by atoms with Gasteiger partial charge < -0.3 is 9.64 Å². The number of rotatable bonds is 4. The van der Waals surface area contributed by atoms with Gasteiger partial charge in [-0.2, -0.15) is 0 Å². The molecular formula is C11H15N3O4S. The van der Waals surface area contributed by atoms with E-state index in [1.807, 2.05) is 0 Å². The topological polar surface area (TPSA) is 103 Å². The number of hydrogen-bond acceptors (Lipinski definition) is 5. The molecule has 1 fully saturated rings. The molecule has 8 heteroatoms. The normalized spacial score (nSPS) is 19.8. The van der Waals surface area contributed by atoms with Crippen LogP contribution in [0.25, 0.3) is 0 Å². The van der Waals surface area contributed by atoms with Crippen LogP contribution >= 0.6 is 0 Å². The zero-order valence-electron chi connectivity index (χ0n) is 10.4. The molecule has 0 saturated carbocycles. The van der Waals surface area contributed by atoms with Crippen LogP contribution in [0.5, 0.6) is 5.75 Å². The van der Waals surface area contributed by atoms with Gasteiger partial charge in [0.05, 0.1) is 19.1 Å². The number of methoxy groups -OCH3 is 1. The van der Waals surface area contributed by atoms with Crippen LogP contribution in [0.4, 0.5) is 5.69 Å². The summed E-state index contributed by atoms with van der Waals surface area (Å²) in [5.41, 5.74) is 0.548. The van der Waals surface area contributed by atoms with Crippen molar-refractivity contribution in [1.29, 1.82) is 0 Å². The van der Waals surface area contributed by atoms with Gasteiger partial charge in [0.2, 0.25) is 15.9 Å². The average Bonchev–Trinajstić information content (AvgIpc) is 2.67. The molecule has 0 aliphatic carbocycles. The summed E-state index contributed by atoms with van der Waals surface area (Å²) < 4.78 is 27.3. The van der Waals surface area contributed by atoms with E-state index in [9.17, 15) is 13.2 Å². The Balaban J connectivity index is 2.20. The summed E-state index contributed by atoms with van der Waals surface area (Å²) >= 11 is 0. The third kappa shape index (κ3) is 3.21. The molecule has 1 unspecified atom stereocenters. The van der Waals surface area contributed by atoms with E-state index in [-0.39, 0.29) is 24.0 Å². The third-order valence-corrected chi connectivity index (χ3v) is 3.88. The van der Waals surface area contributed by atoms with Gasteiger partial charge in [0.1, 0.15) is 11.4 Å². The molecule has 1 aliphatic heterocycles. The summed E-state index contributed by atoms with van der Waals surface area (Å²) in [4.78, 5) is 17.4. The highest BCUT2D eigenvalue weighted by atomic mass is 32.2. The van der Waals surface area contributed by atoms with Crippen molar-refractivity contribution in [3.63, 3.8) is 0 Å². The zero-order chi connectivity index (χ0) is 14.0. The number of carbonyl (C=O) groups is 1. The first kappa shape index (κ1) is 13.8. The van der Waals surface area contributed by atoms with E-state index in [0.717, 1.165) is 0 Å². The Morgan fingerprint density at radius 3 is 2.95 bits per heavy atom. The number of pyridine rings is 1. The molecule has 19 heavy (non-hydrogen) atoms. The first-order valence-corrected chi connectivity index (χ1v) is 7.41. The second kappa shape index (κ2) is 5.14. The first-order valence-electron chi connectivity index (χ1n) is 5.69. The van der Waals surface area contributed by atoms with Gasteiger partial charge in [-0.3, -0.25) is 9.78 Å². The Hall–Kier alpha value is -1.67. The van der Waals surface area contributed by atoms with Gasteiger partial charge in [-0.1, -0.05) is 0 Å². The van der Waals surface area contributed by atoms with Gasteiger partial charge in [-0.25, -0.2) is 13.6 Å². The molecule has 0 spiro atoms. The lowest BCUT2D eigenvalue weighted by atomic mass is 10.1. The number of amides is 1. The van der Waals surface area contributed by atoms with Crippen molar-refractivity contribution < 1.29 is 17.9 Å². The van der Waals surface area contributed by atoms with Crippen molar-refractivity contribution in [2.24, 2.45) is 11.1 Å². The van der Waals surface area contributed by atoms with Gasteiger partial charge in [0.15, 0.2) is 0 Å². The van der Waals surface area contributed by atoms with Gasteiger partial charge in [-0.15, -0.1) is 0 Å². The van der Waals surface area contributed by atoms with E-state index in [1.165, 1.54) is 18.2 Å². The Kier molecular flexibility index (Phi) is 3.72. The fourth-order valence-electron chi connectivity index (χ4n) is 2.20. The minimum atomic E-state index is -3.58. The van der Waals surface area contributed by atoms with Gasteiger partial charge >= 0.3 is 0 Å². The lowest BCUT2D eigenvalue weighted by molar-refractivity contribution is -0.117. The highest BCUT2D eigenvalue weighted by Crippen LogP contribution is 2.32. The molecular weight excluding hydrogens is 270 g/mol. The van der Waals surface area contributed by atoms with Crippen molar-refractivity contribution >= 4 is 21.6 Å². The summed E-state index contributed by atoms with van der Waals surface area (Å²) in [7, 11) is -2.08. The van der Waals surface area contributed by atoms with Gasteiger partial charge in [0, 0.05) is 31.1 Å². The molecule has 1 atom stereocenters. The molecule has 2 rings (SSSR count). The monoisotopic (exact) mass is 285 g/mol. The fourth-order valence-corrected chi connectivity index (χ4v) is 3.08. The van der Waals surface area contributed by atoms with Crippen LogP contribution in [0.1, 0.15) is 6.42 Å². The fraction of sp³-hybridized carbons (Fsp3) is 0.455. The van der Waals surface area contributed by atoms with E-state index in [4.69, 9.17) is 9.88 Å². The van der Waals surface area contributed by atoms with Gasteiger partial charge in [-0.05, 0) is 0 Å². The average molecular weight is 285 g/mol. The Bertz CT molecular complexity index is 587. The molecule has 1 aromatic heterocycles. The van der Waals surface area contributed by atoms with Crippen molar-refractivity contribution in [3.05, 3.63) is 18.5 Å². The van der Waals surface area contributed by atoms with Crippen LogP contribution in [0.2, 0.25) is 0 Å². The first-order chi connectivity index (χ1) is 8.90. The van der Waals surface area contributed by atoms with Crippen molar-refractivity contribution in [2.75, 3.05) is 24.3 Å². The third-order valence-electron chi connectivity index (χ3n) is 2.95. The van der Waals surface area contributed by atoms with Crippen LogP contribution in [-0.4, -0.2) is 38.7 Å². The number of nitrogens with two attached hydrogens (primary N) is 1. The number of aromatic nitrogens is 1. The second-order valence-electron chi connectivity index (χ2n) is 4.45. The molecule has 1 aliphatic rings. The van der Waals surface area contributed by atoms with E-state index in [1.54, 1.807) is 12.3 Å². The maximum absolute atomic E-state index is 11.9. The molecule has 0 aromatic carbocycles. The van der Waals surface area contributed by atoms with E-state index < -0.39 is 10.0 Å². The molecule has 1 amide bonds. The molecule has 1 aromatic rings. The van der Waals surface area contributed by atoms with Crippen LogP contribution < -0.4 is 14.8 Å². The van der Waals surface area contributed by atoms with E-state index in [0.29, 0.717) is 18.0 Å². The quantitative estimate of drug-likeness (QED) is 0.820. The van der Waals surface area contributed by atoms with Crippen LogP contribution in [0.3, 0.4) is 0 Å². The van der Waals surface area contributed by atoms with E-state index >= 15 is 0 Å². The number of nitrogens with zero attached hydrogens (tertiary/aromatic N) is 2. The van der Waals surface area contributed by atoms with Crippen LogP contribution in [-0.2, 0) is 14.8 Å². The van der Waals surface area contributed by atoms with Crippen LogP contribution in [0, 0.1) is 5.92 Å². The highest BCUT2D eigenvalue weighted by molar-refractivity contribution is 7.89. The summed E-state index contributed by atoms with van der Waals surface area (Å²) in [6.45, 7) is 0.303. The number of carbonyl (C=O) groups excluding carboxylic acids is 1. The summed E-state index contributed by atoms with van der Waals surface area (Å²) in [5.74, 6) is -0.121.